The minimum absolute atomic E-state index is 0.0662. The number of aliphatic hydroxyl groups is 1. The summed E-state index contributed by atoms with van der Waals surface area (Å²) in [5.74, 6) is 0.134. The first kappa shape index (κ1) is 11.9. The SMILES string of the molecule is CN(C(=O)C1(CO)CC1)C1CCS(=O)(=O)C1. The van der Waals surface area contributed by atoms with Crippen molar-refractivity contribution in [3.05, 3.63) is 0 Å². The summed E-state index contributed by atoms with van der Waals surface area (Å²) < 4.78 is 22.6. The lowest BCUT2D eigenvalue weighted by atomic mass is 10.1. The molecule has 2 fully saturated rings. The highest BCUT2D eigenvalue weighted by atomic mass is 32.2. The average molecular weight is 247 g/mol. The lowest BCUT2D eigenvalue weighted by molar-refractivity contribution is -0.138. The highest BCUT2D eigenvalue weighted by Crippen LogP contribution is 2.47. The fraction of sp³-hybridized carbons (Fsp3) is 0.900. The van der Waals surface area contributed by atoms with E-state index in [1.165, 1.54) is 4.90 Å². The van der Waals surface area contributed by atoms with E-state index in [-0.39, 0.29) is 30.1 Å². The van der Waals surface area contributed by atoms with Crippen molar-refractivity contribution >= 4 is 15.7 Å². The molecule has 0 bridgehead atoms. The Hall–Kier alpha value is -0.620. The Labute approximate surface area is 95.4 Å². The van der Waals surface area contributed by atoms with E-state index in [1.807, 2.05) is 0 Å². The van der Waals surface area contributed by atoms with Crippen LogP contribution in [0.3, 0.4) is 0 Å². The van der Waals surface area contributed by atoms with Gasteiger partial charge in [-0.1, -0.05) is 0 Å². The van der Waals surface area contributed by atoms with Gasteiger partial charge < -0.3 is 10.0 Å². The van der Waals surface area contributed by atoms with Crippen LogP contribution < -0.4 is 0 Å². The molecule has 1 heterocycles. The molecule has 1 N–H and O–H groups in total. The van der Waals surface area contributed by atoms with E-state index in [0.717, 1.165) is 0 Å². The first-order valence-electron chi connectivity index (χ1n) is 5.49. The van der Waals surface area contributed by atoms with Crippen LogP contribution >= 0.6 is 0 Å². The van der Waals surface area contributed by atoms with Crippen LogP contribution in [-0.2, 0) is 14.6 Å². The van der Waals surface area contributed by atoms with E-state index in [1.54, 1.807) is 7.05 Å². The molecule has 16 heavy (non-hydrogen) atoms. The van der Waals surface area contributed by atoms with E-state index in [2.05, 4.69) is 0 Å². The molecule has 2 aliphatic rings. The first-order valence-corrected chi connectivity index (χ1v) is 7.31. The number of hydrogen-bond acceptors (Lipinski definition) is 4. The van der Waals surface area contributed by atoms with Gasteiger partial charge in [0.2, 0.25) is 5.91 Å². The zero-order valence-electron chi connectivity index (χ0n) is 9.35. The van der Waals surface area contributed by atoms with E-state index in [4.69, 9.17) is 5.11 Å². The smallest absolute Gasteiger partial charge is 0.231 e. The summed E-state index contributed by atoms with van der Waals surface area (Å²) in [6.07, 6.45) is 1.95. The molecule has 1 amide bonds. The fourth-order valence-corrected chi connectivity index (χ4v) is 3.99. The molecule has 1 atom stereocenters. The van der Waals surface area contributed by atoms with Gasteiger partial charge in [-0.25, -0.2) is 8.42 Å². The van der Waals surface area contributed by atoms with Crippen molar-refractivity contribution in [2.45, 2.75) is 25.3 Å². The largest absolute Gasteiger partial charge is 0.395 e. The normalized spacial score (nSPS) is 30.0. The molecule has 92 valence electrons. The Bertz CT molecular complexity index is 399. The summed E-state index contributed by atoms with van der Waals surface area (Å²) in [6.45, 7) is -0.129. The van der Waals surface area contributed by atoms with Gasteiger partial charge in [0.05, 0.1) is 23.5 Å². The zero-order chi connectivity index (χ0) is 12.0. The van der Waals surface area contributed by atoms with Crippen molar-refractivity contribution in [3.63, 3.8) is 0 Å². The van der Waals surface area contributed by atoms with Crippen molar-refractivity contribution in [1.29, 1.82) is 0 Å². The molecule has 2 rings (SSSR count). The van der Waals surface area contributed by atoms with Crippen LogP contribution in [0.1, 0.15) is 19.3 Å². The molecule has 5 nitrogen and oxygen atoms in total. The average Bonchev–Trinajstić information content (AvgIpc) is 2.96. The van der Waals surface area contributed by atoms with E-state index < -0.39 is 15.3 Å². The third-order valence-electron chi connectivity index (χ3n) is 3.69. The monoisotopic (exact) mass is 247 g/mol. The Morgan fingerprint density at radius 1 is 1.50 bits per heavy atom. The summed E-state index contributed by atoms with van der Waals surface area (Å²) in [5, 5.41) is 9.16. The number of carbonyl (C=O) groups is 1. The quantitative estimate of drug-likeness (QED) is 0.723. The molecule has 1 saturated carbocycles. The molecule has 0 aromatic carbocycles. The van der Waals surface area contributed by atoms with Gasteiger partial charge in [0, 0.05) is 13.1 Å². The van der Waals surface area contributed by atoms with Gasteiger partial charge >= 0.3 is 0 Å². The summed E-state index contributed by atoms with van der Waals surface area (Å²) >= 11 is 0. The minimum Gasteiger partial charge on any atom is -0.395 e. The molecule has 0 aromatic heterocycles. The van der Waals surface area contributed by atoms with Gasteiger partial charge in [0.15, 0.2) is 9.84 Å². The number of amides is 1. The maximum absolute atomic E-state index is 12.0. The van der Waals surface area contributed by atoms with Crippen molar-refractivity contribution in [3.8, 4) is 0 Å². The molecule has 0 spiro atoms. The molecule has 1 unspecified atom stereocenters. The molecular formula is C10H17NO4S. The maximum atomic E-state index is 12.0. The second-order valence-electron chi connectivity index (χ2n) is 4.91. The van der Waals surface area contributed by atoms with Crippen LogP contribution in [0.15, 0.2) is 0 Å². The summed E-state index contributed by atoms with van der Waals surface area (Å²) in [4.78, 5) is 13.5. The number of rotatable bonds is 3. The van der Waals surface area contributed by atoms with Crippen LogP contribution in [0.2, 0.25) is 0 Å². The molecule has 0 aromatic rings. The Morgan fingerprint density at radius 3 is 2.50 bits per heavy atom. The molecule has 1 aliphatic carbocycles. The van der Waals surface area contributed by atoms with Crippen LogP contribution in [-0.4, -0.2) is 55.5 Å². The molecular weight excluding hydrogens is 230 g/mol. The van der Waals surface area contributed by atoms with Gasteiger partial charge in [-0.3, -0.25) is 4.79 Å². The third-order valence-corrected chi connectivity index (χ3v) is 5.44. The lowest BCUT2D eigenvalue weighted by Gasteiger charge is -2.27. The Morgan fingerprint density at radius 2 is 2.12 bits per heavy atom. The van der Waals surface area contributed by atoms with Crippen molar-refractivity contribution < 1.29 is 18.3 Å². The highest BCUT2D eigenvalue weighted by molar-refractivity contribution is 7.91. The standard InChI is InChI=1S/C10H17NO4S/c1-11(8-2-5-16(14,15)6-8)9(13)10(7-12)3-4-10/h8,12H,2-7H2,1H3. The van der Waals surface area contributed by atoms with Gasteiger partial charge in [0.1, 0.15) is 0 Å². The topological polar surface area (TPSA) is 74.7 Å². The number of sulfone groups is 1. The molecule has 1 saturated heterocycles. The van der Waals surface area contributed by atoms with Crippen LogP contribution in [0.4, 0.5) is 0 Å². The summed E-state index contributed by atoms with van der Waals surface area (Å²) in [7, 11) is -1.32. The molecule has 1 aliphatic heterocycles. The summed E-state index contributed by atoms with van der Waals surface area (Å²) in [5.41, 5.74) is -0.596. The Kier molecular flexibility index (Phi) is 2.74. The van der Waals surface area contributed by atoms with Crippen molar-refractivity contribution in [2.24, 2.45) is 5.41 Å². The number of carbonyl (C=O) groups excluding carboxylic acids is 1. The second kappa shape index (κ2) is 3.70. The first-order chi connectivity index (χ1) is 7.40. The third kappa shape index (κ3) is 1.96. The van der Waals surface area contributed by atoms with Gasteiger partial charge in [-0.05, 0) is 19.3 Å². The predicted octanol–water partition coefficient (Wildman–Crippen LogP) is -0.596. The van der Waals surface area contributed by atoms with E-state index in [0.29, 0.717) is 19.3 Å². The number of nitrogens with zero attached hydrogens (tertiary/aromatic N) is 1. The van der Waals surface area contributed by atoms with Gasteiger partial charge in [0.25, 0.3) is 0 Å². The van der Waals surface area contributed by atoms with Crippen LogP contribution in [0.5, 0.6) is 0 Å². The number of aliphatic hydroxyl groups excluding tert-OH is 1. The summed E-state index contributed by atoms with van der Waals surface area (Å²) in [6, 6.07) is -0.207. The zero-order valence-corrected chi connectivity index (χ0v) is 10.2. The predicted molar refractivity (Wildman–Crippen MR) is 58.6 cm³/mol. The van der Waals surface area contributed by atoms with E-state index >= 15 is 0 Å². The molecule has 6 heteroatoms. The number of hydrogen-bond donors (Lipinski definition) is 1. The van der Waals surface area contributed by atoms with Crippen LogP contribution in [0.25, 0.3) is 0 Å². The van der Waals surface area contributed by atoms with Gasteiger partial charge in [-0.15, -0.1) is 0 Å². The van der Waals surface area contributed by atoms with Crippen LogP contribution in [0, 0.1) is 5.41 Å². The lowest BCUT2D eigenvalue weighted by Crippen LogP contribution is -2.43. The highest BCUT2D eigenvalue weighted by Gasteiger charge is 2.52. The minimum atomic E-state index is -2.96. The molecule has 0 radical (unpaired) electrons. The Balaban J connectivity index is 2.04. The maximum Gasteiger partial charge on any atom is 0.231 e. The van der Waals surface area contributed by atoms with E-state index in [9.17, 15) is 13.2 Å². The second-order valence-corrected chi connectivity index (χ2v) is 7.14. The van der Waals surface area contributed by atoms with Gasteiger partial charge in [-0.2, -0.15) is 0 Å². The fourth-order valence-electron chi connectivity index (χ4n) is 2.21. The van der Waals surface area contributed by atoms with Crippen molar-refractivity contribution in [2.75, 3.05) is 25.2 Å². The van der Waals surface area contributed by atoms with Crippen molar-refractivity contribution in [1.82, 2.24) is 4.90 Å².